The largest absolute Gasteiger partial charge is 0.360 e. The van der Waals surface area contributed by atoms with E-state index in [1.54, 1.807) is 11.8 Å². The van der Waals surface area contributed by atoms with Crippen molar-refractivity contribution < 1.29 is 4.52 Å². The van der Waals surface area contributed by atoms with Crippen LogP contribution in [-0.2, 0) is 12.8 Å². The molecule has 2 aromatic heterocycles. The van der Waals surface area contributed by atoms with Crippen LogP contribution in [0.4, 0.5) is 0 Å². The van der Waals surface area contributed by atoms with Crippen LogP contribution in [0.5, 0.6) is 0 Å². The zero-order chi connectivity index (χ0) is 13.9. The zero-order valence-electron chi connectivity index (χ0n) is 11.3. The molecule has 6 heteroatoms. The minimum atomic E-state index is 0.696. The Morgan fingerprint density at radius 1 is 1.20 bits per heavy atom. The first kappa shape index (κ1) is 12.9. The highest BCUT2D eigenvalue weighted by Gasteiger charge is 2.12. The molecule has 0 aliphatic carbocycles. The van der Waals surface area contributed by atoms with E-state index in [4.69, 9.17) is 4.52 Å². The van der Waals surface area contributed by atoms with E-state index in [2.05, 4.69) is 15.4 Å². The molecule has 3 aromatic rings. The van der Waals surface area contributed by atoms with Crippen molar-refractivity contribution >= 4 is 11.8 Å². The molecule has 20 heavy (non-hydrogen) atoms. The molecule has 0 aliphatic rings. The minimum Gasteiger partial charge on any atom is -0.360 e. The van der Waals surface area contributed by atoms with Crippen LogP contribution >= 0.6 is 11.8 Å². The Bertz CT molecular complexity index is 705. The van der Waals surface area contributed by atoms with Gasteiger partial charge in [-0.2, -0.15) is 0 Å². The SMILES string of the molecule is Cc1cc(CSc2nnc(-c3ccccc3)n2C)on1. The van der Waals surface area contributed by atoms with Crippen LogP contribution in [0.25, 0.3) is 11.4 Å². The summed E-state index contributed by atoms with van der Waals surface area (Å²) in [6.45, 7) is 1.91. The summed E-state index contributed by atoms with van der Waals surface area (Å²) in [6.07, 6.45) is 0. The highest BCUT2D eigenvalue weighted by molar-refractivity contribution is 7.98. The van der Waals surface area contributed by atoms with Gasteiger partial charge in [-0.15, -0.1) is 10.2 Å². The minimum absolute atomic E-state index is 0.696. The average molecular weight is 286 g/mol. The fourth-order valence-corrected chi connectivity index (χ4v) is 2.69. The molecule has 0 bridgehead atoms. The van der Waals surface area contributed by atoms with Gasteiger partial charge < -0.3 is 9.09 Å². The summed E-state index contributed by atoms with van der Waals surface area (Å²) in [4.78, 5) is 0. The molecule has 3 rings (SSSR count). The van der Waals surface area contributed by atoms with Gasteiger partial charge in [0.2, 0.25) is 0 Å². The molecule has 0 spiro atoms. The summed E-state index contributed by atoms with van der Waals surface area (Å²) in [5.41, 5.74) is 1.95. The molecule has 102 valence electrons. The quantitative estimate of drug-likeness (QED) is 0.690. The third-order valence-corrected chi connectivity index (χ3v) is 3.93. The first-order valence-electron chi connectivity index (χ1n) is 6.24. The Morgan fingerprint density at radius 2 is 2.00 bits per heavy atom. The van der Waals surface area contributed by atoms with E-state index < -0.39 is 0 Å². The van der Waals surface area contributed by atoms with E-state index in [1.165, 1.54) is 0 Å². The van der Waals surface area contributed by atoms with Crippen molar-refractivity contribution in [2.24, 2.45) is 7.05 Å². The third kappa shape index (κ3) is 2.60. The number of aryl methyl sites for hydroxylation is 1. The summed E-state index contributed by atoms with van der Waals surface area (Å²) in [7, 11) is 1.97. The lowest BCUT2D eigenvalue weighted by atomic mass is 10.2. The Balaban J connectivity index is 1.77. The van der Waals surface area contributed by atoms with Crippen molar-refractivity contribution in [2.75, 3.05) is 0 Å². The first-order chi connectivity index (χ1) is 9.74. The summed E-state index contributed by atoms with van der Waals surface area (Å²) in [5.74, 6) is 2.40. The van der Waals surface area contributed by atoms with Crippen LogP contribution in [0.1, 0.15) is 11.5 Å². The van der Waals surface area contributed by atoms with Crippen molar-refractivity contribution in [3.63, 3.8) is 0 Å². The van der Waals surface area contributed by atoms with Gasteiger partial charge in [-0.3, -0.25) is 0 Å². The highest BCUT2D eigenvalue weighted by atomic mass is 32.2. The van der Waals surface area contributed by atoms with Gasteiger partial charge in [-0.1, -0.05) is 47.3 Å². The van der Waals surface area contributed by atoms with Crippen molar-refractivity contribution in [1.29, 1.82) is 0 Å². The van der Waals surface area contributed by atoms with E-state index in [1.807, 2.05) is 54.9 Å². The lowest BCUT2D eigenvalue weighted by Gasteiger charge is -2.02. The molecule has 0 N–H and O–H groups in total. The molecule has 0 radical (unpaired) electrons. The zero-order valence-corrected chi connectivity index (χ0v) is 12.1. The molecule has 0 fully saturated rings. The van der Waals surface area contributed by atoms with Crippen LogP contribution in [0.15, 0.2) is 46.1 Å². The van der Waals surface area contributed by atoms with Gasteiger partial charge in [-0.25, -0.2) is 0 Å². The van der Waals surface area contributed by atoms with Gasteiger partial charge in [0, 0.05) is 18.7 Å². The molecule has 2 heterocycles. The fraction of sp³-hybridized carbons (Fsp3) is 0.214. The van der Waals surface area contributed by atoms with Gasteiger partial charge in [0.15, 0.2) is 11.0 Å². The Hall–Kier alpha value is -2.08. The van der Waals surface area contributed by atoms with Crippen molar-refractivity contribution in [1.82, 2.24) is 19.9 Å². The Labute approximate surface area is 121 Å². The van der Waals surface area contributed by atoms with Crippen LogP contribution in [0, 0.1) is 6.92 Å². The predicted molar refractivity (Wildman–Crippen MR) is 77.2 cm³/mol. The molecule has 1 aromatic carbocycles. The second kappa shape index (κ2) is 5.50. The molecule has 0 saturated carbocycles. The van der Waals surface area contributed by atoms with Gasteiger partial charge >= 0.3 is 0 Å². The summed E-state index contributed by atoms with van der Waals surface area (Å²) in [6, 6.07) is 12.0. The highest BCUT2D eigenvalue weighted by Crippen LogP contribution is 2.25. The maximum absolute atomic E-state index is 5.19. The van der Waals surface area contributed by atoms with Crippen LogP contribution < -0.4 is 0 Å². The molecule has 0 amide bonds. The summed E-state index contributed by atoms with van der Waals surface area (Å²) < 4.78 is 7.18. The number of hydrogen-bond acceptors (Lipinski definition) is 5. The average Bonchev–Trinajstić information content (AvgIpc) is 3.04. The van der Waals surface area contributed by atoms with Crippen molar-refractivity contribution in [2.45, 2.75) is 17.8 Å². The Morgan fingerprint density at radius 3 is 2.70 bits per heavy atom. The van der Waals surface area contributed by atoms with Gasteiger partial charge in [-0.05, 0) is 6.92 Å². The Kier molecular flexibility index (Phi) is 3.56. The number of thioether (sulfide) groups is 1. The normalized spacial score (nSPS) is 10.9. The standard InChI is InChI=1S/C14H14N4OS/c1-10-8-12(19-17-10)9-20-14-16-15-13(18(14)2)11-6-4-3-5-7-11/h3-8H,9H2,1-2H3. The smallest absolute Gasteiger partial charge is 0.191 e. The van der Waals surface area contributed by atoms with E-state index in [9.17, 15) is 0 Å². The first-order valence-corrected chi connectivity index (χ1v) is 7.22. The maximum atomic E-state index is 5.19. The van der Waals surface area contributed by atoms with Crippen LogP contribution in [-0.4, -0.2) is 19.9 Å². The lowest BCUT2D eigenvalue weighted by Crippen LogP contribution is -1.94. The molecule has 0 atom stereocenters. The summed E-state index contributed by atoms with van der Waals surface area (Å²) in [5, 5.41) is 13.2. The van der Waals surface area contributed by atoms with Gasteiger partial charge in [0.25, 0.3) is 0 Å². The molecule has 0 saturated heterocycles. The van der Waals surface area contributed by atoms with Crippen LogP contribution in [0.2, 0.25) is 0 Å². The van der Waals surface area contributed by atoms with Gasteiger partial charge in [0.05, 0.1) is 11.4 Å². The monoisotopic (exact) mass is 286 g/mol. The lowest BCUT2D eigenvalue weighted by molar-refractivity contribution is 0.391. The molecule has 0 aliphatic heterocycles. The summed E-state index contributed by atoms with van der Waals surface area (Å²) >= 11 is 1.58. The number of hydrogen-bond donors (Lipinski definition) is 0. The number of aromatic nitrogens is 4. The van der Waals surface area contributed by atoms with Crippen molar-refractivity contribution in [3.8, 4) is 11.4 Å². The predicted octanol–water partition coefficient (Wildman–Crippen LogP) is 3.07. The number of rotatable bonds is 4. The molecule has 5 nitrogen and oxygen atoms in total. The molecule has 0 unspecified atom stereocenters. The fourth-order valence-electron chi connectivity index (χ4n) is 1.90. The number of benzene rings is 1. The van der Waals surface area contributed by atoms with E-state index in [-0.39, 0.29) is 0 Å². The topological polar surface area (TPSA) is 56.7 Å². The maximum Gasteiger partial charge on any atom is 0.191 e. The second-order valence-corrected chi connectivity index (χ2v) is 5.40. The number of nitrogens with zero attached hydrogens (tertiary/aromatic N) is 4. The second-order valence-electron chi connectivity index (χ2n) is 4.45. The van der Waals surface area contributed by atoms with E-state index >= 15 is 0 Å². The molecular formula is C14H14N4OS. The third-order valence-electron chi connectivity index (χ3n) is 2.89. The van der Waals surface area contributed by atoms with Crippen molar-refractivity contribution in [3.05, 3.63) is 47.9 Å². The van der Waals surface area contributed by atoms with Gasteiger partial charge in [0.1, 0.15) is 5.76 Å². The van der Waals surface area contributed by atoms with Crippen LogP contribution in [0.3, 0.4) is 0 Å². The van der Waals surface area contributed by atoms with E-state index in [0.717, 1.165) is 28.0 Å². The van der Waals surface area contributed by atoms with E-state index in [0.29, 0.717) is 5.75 Å². The molecular weight excluding hydrogens is 272 g/mol.